The summed E-state index contributed by atoms with van der Waals surface area (Å²) in [5.41, 5.74) is 3.61. The molecule has 1 aromatic carbocycles. The summed E-state index contributed by atoms with van der Waals surface area (Å²) in [5.74, 6) is 0.0973. The molecule has 0 spiro atoms. The van der Waals surface area contributed by atoms with Gasteiger partial charge in [0, 0.05) is 18.7 Å². The van der Waals surface area contributed by atoms with Crippen molar-refractivity contribution in [1.29, 1.82) is 0 Å². The first kappa shape index (κ1) is 16.5. The Morgan fingerprint density at radius 3 is 2.36 bits per heavy atom. The van der Waals surface area contributed by atoms with Crippen molar-refractivity contribution in [3.05, 3.63) is 34.4 Å². The van der Waals surface area contributed by atoms with Gasteiger partial charge in [-0.2, -0.15) is 0 Å². The molecule has 0 saturated carbocycles. The van der Waals surface area contributed by atoms with Crippen molar-refractivity contribution < 1.29 is 14.3 Å². The minimum Gasteiger partial charge on any atom is -0.444 e. The highest BCUT2D eigenvalue weighted by molar-refractivity contribution is 5.97. The Balaban J connectivity index is 2.22. The lowest BCUT2D eigenvalue weighted by molar-refractivity contribution is 0.0258. The highest BCUT2D eigenvalue weighted by atomic mass is 16.6. The van der Waals surface area contributed by atoms with Gasteiger partial charge >= 0.3 is 6.09 Å². The zero-order valence-corrected chi connectivity index (χ0v) is 14.2. The SMILES string of the molecule is CC(=O)c1c(C)ccc2c1CCN(C(=O)OC(C)(C)C)CC2. The number of carbonyl (C=O) groups is 2. The maximum absolute atomic E-state index is 12.2. The Kier molecular flexibility index (Phi) is 4.59. The number of carbonyl (C=O) groups excluding carboxylic acids is 2. The largest absolute Gasteiger partial charge is 0.444 e. The zero-order chi connectivity index (χ0) is 16.5. The maximum atomic E-state index is 12.2. The molecule has 0 radical (unpaired) electrons. The van der Waals surface area contributed by atoms with Crippen LogP contribution in [0.15, 0.2) is 12.1 Å². The summed E-state index contributed by atoms with van der Waals surface area (Å²) < 4.78 is 5.45. The molecule has 1 amide bonds. The van der Waals surface area contributed by atoms with E-state index in [0.29, 0.717) is 19.5 Å². The molecule has 0 N–H and O–H groups in total. The molecule has 1 aromatic rings. The summed E-state index contributed by atoms with van der Waals surface area (Å²) in [7, 11) is 0. The van der Waals surface area contributed by atoms with Gasteiger partial charge in [-0.15, -0.1) is 0 Å². The van der Waals surface area contributed by atoms with E-state index < -0.39 is 5.60 Å². The summed E-state index contributed by atoms with van der Waals surface area (Å²) >= 11 is 0. The van der Waals surface area contributed by atoms with Crippen molar-refractivity contribution in [2.24, 2.45) is 0 Å². The average molecular weight is 303 g/mol. The van der Waals surface area contributed by atoms with Crippen molar-refractivity contribution in [2.75, 3.05) is 13.1 Å². The molecule has 0 atom stereocenters. The number of fused-ring (bicyclic) bond motifs is 1. The molecule has 2 rings (SSSR count). The van der Waals surface area contributed by atoms with Crippen LogP contribution in [0, 0.1) is 6.92 Å². The van der Waals surface area contributed by atoms with E-state index in [2.05, 4.69) is 6.07 Å². The molecule has 0 fully saturated rings. The zero-order valence-electron chi connectivity index (χ0n) is 14.2. The smallest absolute Gasteiger partial charge is 0.410 e. The van der Waals surface area contributed by atoms with Crippen LogP contribution in [0.4, 0.5) is 4.79 Å². The molecule has 0 aromatic heterocycles. The molecule has 0 aliphatic carbocycles. The normalized spacial score (nSPS) is 15.0. The second-order valence-corrected chi connectivity index (χ2v) is 6.92. The number of nitrogens with zero attached hydrogens (tertiary/aromatic N) is 1. The number of hydrogen-bond acceptors (Lipinski definition) is 3. The molecule has 4 nitrogen and oxygen atoms in total. The van der Waals surface area contributed by atoms with Crippen LogP contribution < -0.4 is 0 Å². The molecule has 1 aliphatic rings. The summed E-state index contributed by atoms with van der Waals surface area (Å²) in [5, 5.41) is 0. The van der Waals surface area contributed by atoms with Crippen LogP contribution >= 0.6 is 0 Å². The van der Waals surface area contributed by atoms with Crippen LogP contribution in [0.3, 0.4) is 0 Å². The van der Waals surface area contributed by atoms with Crippen molar-refractivity contribution in [3.63, 3.8) is 0 Å². The van der Waals surface area contributed by atoms with E-state index in [4.69, 9.17) is 4.74 Å². The Morgan fingerprint density at radius 2 is 1.77 bits per heavy atom. The highest BCUT2D eigenvalue weighted by Gasteiger charge is 2.25. The van der Waals surface area contributed by atoms with Crippen molar-refractivity contribution in [1.82, 2.24) is 4.90 Å². The fourth-order valence-electron chi connectivity index (χ4n) is 2.94. The van der Waals surface area contributed by atoms with Gasteiger partial charge in [0.25, 0.3) is 0 Å². The van der Waals surface area contributed by atoms with Crippen LogP contribution in [0.25, 0.3) is 0 Å². The first-order valence-corrected chi connectivity index (χ1v) is 7.79. The highest BCUT2D eigenvalue weighted by Crippen LogP contribution is 2.24. The van der Waals surface area contributed by atoms with Crippen LogP contribution in [-0.4, -0.2) is 35.5 Å². The number of Topliss-reactive ketones (excluding diaryl/α,β-unsaturated/α-hetero) is 1. The number of hydrogen-bond donors (Lipinski definition) is 0. The van der Waals surface area contributed by atoms with Gasteiger partial charge in [-0.1, -0.05) is 12.1 Å². The number of ketones is 1. The Labute approximate surface area is 132 Å². The van der Waals surface area contributed by atoms with Crippen molar-refractivity contribution in [2.45, 2.75) is 53.1 Å². The van der Waals surface area contributed by atoms with Gasteiger partial charge in [-0.05, 0) is 64.2 Å². The molecular weight excluding hydrogens is 278 g/mol. The minimum absolute atomic E-state index is 0.0973. The van der Waals surface area contributed by atoms with Crippen molar-refractivity contribution in [3.8, 4) is 0 Å². The predicted molar refractivity (Wildman–Crippen MR) is 86.4 cm³/mol. The fraction of sp³-hybridized carbons (Fsp3) is 0.556. The summed E-state index contributed by atoms with van der Waals surface area (Å²) in [6.45, 7) is 10.4. The lowest BCUT2D eigenvalue weighted by Gasteiger charge is -2.26. The Hall–Kier alpha value is -1.84. The summed E-state index contributed by atoms with van der Waals surface area (Å²) in [6, 6.07) is 4.08. The van der Waals surface area contributed by atoms with Gasteiger partial charge in [0.2, 0.25) is 0 Å². The summed E-state index contributed by atoms with van der Waals surface area (Å²) in [6.07, 6.45) is 1.18. The molecule has 22 heavy (non-hydrogen) atoms. The van der Waals surface area contributed by atoms with Gasteiger partial charge in [-0.3, -0.25) is 4.79 Å². The third-order valence-corrected chi connectivity index (χ3v) is 3.90. The van der Waals surface area contributed by atoms with Crippen LogP contribution in [-0.2, 0) is 17.6 Å². The van der Waals surface area contributed by atoms with Crippen LogP contribution in [0.1, 0.15) is 54.7 Å². The number of aryl methyl sites for hydroxylation is 1. The third kappa shape index (κ3) is 3.67. The molecule has 1 heterocycles. The van der Waals surface area contributed by atoms with Crippen LogP contribution in [0.2, 0.25) is 0 Å². The van der Waals surface area contributed by atoms with E-state index in [1.54, 1.807) is 11.8 Å². The predicted octanol–water partition coefficient (Wildman–Crippen LogP) is 3.53. The lowest BCUT2D eigenvalue weighted by Crippen LogP contribution is -2.38. The lowest BCUT2D eigenvalue weighted by atomic mass is 9.91. The molecule has 4 heteroatoms. The standard InChI is InChI=1S/C18H25NO3/c1-12-6-7-14-8-10-19(17(21)22-18(3,4)5)11-9-15(14)16(12)13(2)20/h6-7H,8-11H2,1-5H3. The van der Waals surface area contributed by atoms with E-state index in [1.165, 1.54) is 5.56 Å². The Bertz CT molecular complexity index is 599. The molecule has 0 saturated heterocycles. The molecular formula is C18H25NO3. The van der Waals surface area contributed by atoms with E-state index in [-0.39, 0.29) is 11.9 Å². The first-order valence-electron chi connectivity index (χ1n) is 7.79. The van der Waals surface area contributed by atoms with Gasteiger partial charge in [0.05, 0.1) is 0 Å². The third-order valence-electron chi connectivity index (χ3n) is 3.90. The van der Waals surface area contributed by atoms with Gasteiger partial charge in [0.15, 0.2) is 5.78 Å². The number of rotatable bonds is 1. The van der Waals surface area contributed by atoms with E-state index in [0.717, 1.165) is 23.1 Å². The van der Waals surface area contributed by atoms with Crippen molar-refractivity contribution >= 4 is 11.9 Å². The van der Waals surface area contributed by atoms with Gasteiger partial charge < -0.3 is 9.64 Å². The molecule has 120 valence electrons. The summed E-state index contributed by atoms with van der Waals surface area (Å²) in [4.78, 5) is 25.9. The molecule has 0 bridgehead atoms. The van der Waals surface area contributed by atoms with E-state index in [9.17, 15) is 9.59 Å². The topological polar surface area (TPSA) is 46.6 Å². The second-order valence-electron chi connectivity index (χ2n) is 6.92. The number of ether oxygens (including phenoxy) is 1. The monoisotopic (exact) mass is 303 g/mol. The number of benzene rings is 1. The van der Waals surface area contributed by atoms with Gasteiger partial charge in [0.1, 0.15) is 5.60 Å². The minimum atomic E-state index is -0.489. The maximum Gasteiger partial charge on any atom is 0.410 e. The van der Waals surface area contributed by atoms with Crippen LogP contribution in [0.5, 0.6) is 0 Å². The first-order chi connectivity index (χ1) is 10.2. The number of amides is 1. The second kappa shape index (κ2) is 6.11. The quantitative estimate of drug-likeness (QED) is 0.746. The molecule has 0 unspecified atom stereocenters. The average Bonchev–Trinajstić information content (AvgIpc) is 2.58. The van der Waals surface area contributed by atoms with E-state index >= 15 is 0 Å². The molecule has 1 aliphatic heterocycles. The van der Waals surface area contributed by atoms with E-state index in [1.807, 2.05) is 33.8 Å². The Morgan fingerprint density at radius 1 is 1.14 bits per heavy atom. The van der Waals surface area contributed by atoms with Gasteiger partial charge in [-0.25, -0.2) is 4.79 Å². The fourth-order valence-corrected chi connectivity index (χ4v) is 2.94.